The number of aromatic nitrogens is 2. The molecule has 0 saturated carbocycles. The number of ether oxygens (including phenoxy) is 1. The van der Waals surface area contributed by atoms with Gasteiger partial charge in [-0.25, -0.2) is 4.79 Å². The summed E-state index contributed by atoms with van der Waals surface area (Å²) in [7, 11) is 1.71. The van der Waals surface area contributed by atoms with Crippen molar-refractivity contribution < 1.29 is 14.3 Å². The molecule has 0 radical (unpaired) electrons. The highest BCUT2D eigenvalue weighted by Gasteiger charge is 2.49. The van der Waals surface area contributed by atoms with Crippen LogP contribution in [-0.2, 0) is 16.1 Å². The highest BCUT2D eigenvalue weighted by Crippen LogP contribution is 2.31. The SMILES string of the molecule is CN1CC2(CCN(C(=O)CCn3cc(Cl)cn3)C2)OC1=O. The van der Waals surface area contributed by atoms with Crippen molar-refractivity contribution in [2.75, 3.05) is 26.7 Å². The van der Waals surface area contributed by atoms with Gasteiger partial charge in [-0.15, -0.1) is 0 Å². The van der Waals surface area contributed by atoms with Crippen LogP contribution in [0.2, 0.25) is 5.02 Å². The molecule has 114 valence electrons. The van der Waals surface area contributed by atoms with Crippen molar-refractivity contribution in [1.29, 1.82) is 0 Å². The van der Waals surface area contributed by atoms with E-state index in [4.69, 9.17) is 16.3 Å². The van der Waals surface area contributed by atoms with Crippen molar-refractivity contribution in [2.24, 2.45) is 0 Å². The summed E-state index contributed by atoms with van der Waals surface area (Å²) in [6.45, 7) is 2.14. The number of carbonyl (C=O) groups is 2. The fourth-order valence-electron chi connectivity index (χ4n) is 2.89. The Kier molecular flexibility index (Phi) is 3.52. The maximum absolute atomic E-state index is 12.2. The fraction of sp³-hybridized carbons (Fsp3) is 0.615. The highest BCUT2D eigenvalue weighted by atomic mass is 35.5. The van der Waals surface area contributed by atoms with Crippen molar-refractivity contribution >= 4 is 23.6 Å². The van der Waals surface area contributed by atoms with E-state index in [2.05, 4.69) is 5.10 Å². The number of hydrogen-bond acceptors (Lipinski definition) is 4. The zero-order valence-electron chi connectivity index (χ0n) is 11.8. The minimum atomic E-state index is -0.517. The van der Waals surface area contributed by atoms with E-state index in [1.807, 2.05) is 0 Å². The number of likely N-dealkylation sites (tertiary alicyclic amines) is 1. The number of carbonyl (C=O) groups excluding carboxylic acids is 2. The molecule has 2 amide bonds. The normalized spacial score (nSPS) is 25.0. The summed E-state index contributed by atoms with van der Waals surface area (Å²) in [6, 6.07) is 0. The first kappa shape index (κ1) is 14.2. The van der Waals surface area contributed by atoms with Gasteiger partial charge in [-0.3, -0.25) is 9.48 Å². The van der Waals surface area contributed by atoms with Gasteiger partial charge in [0, 0.05) is 39.2 Å². The standard InChI is InChI=1S/C13H17ClN4O3/c1-16-8-13(21-12(16)20)3-5-17(9-13)11(19)2-4-18-7-10(14)6-15-18/h6-7H,2-5,8-9H2,1H3. The molecular formula is C13H17ClN4O3. The van der Waals surface area contributed by atoms with E-state index in [0.717, 1.165) is 0 Å². The van der Waals surface area contributed by atoms with Gasteiger partial charge in [-0.2, -0.15) is 5.10 Å². The molecule has 1 atom stereocenters. The Morgan fingerprint density at radius 1 is 1.52 bits per heavy atom. The second-order valence-corrected chi connectivity index (χ2v) is 6.08. The first-order valence-electron chi connectivity index (χ1n) is 6.87. The van der Waals surface area contributed by atoms with Gasteiger partial charge in [0.2, 0.25) is 5.91 Å². The van der Waals surface area contributed by atoms with E-state index in [0.29, 0.717) is 44.0 Å². The molecule has 0 aromatic carbocycles. The van der Waals surface area contributed by atoms with E-state index in [1.54, 1.807) is 33.9 Å². The summed E-state index contributed by atoms with van der Waals surface area (Å²) < 4.78 is 7.07. The Labute approximate surface area is 127 Å². The molecule has 1 spiro atoms. The lowest BCUT2D eigenvalue weighted by Crippen LogP contribution is -2.39. The zero-order valence-corrected chi connectivity index (χ0v) is 12.5. The van der Waals surface area contributed by atoms with Gasteiger partial charge in [-0.05, 0) is 0 Å². The minimum Gasteiger partial charge on any atom is -0.439 e. The average Bonchev–Trinajstić information content (AvgIpc) is 3.09. The Balaban J connectivity index is 1.54. The van der Waals surface area contributed by atoms with Crippen LogP contribution < -0.4 is 0 Å². The van der Waals surface area contributed by atoms with E-state index < -0.39 is 5.60 Å². The van der Waals surface area contributed by atoms with Crippen LogP contribution in [0.15, 0.2) is 12.4 Å². The summed E-state index contributed by atoms with van der Waals surface area (Å²) in [4.78, 5) is 27.0. The summed E-state index contributed by atoms with van der Waals surface area (Å²) in [5.41, 5.74) is -0.517. The number of halogens is 1. The largest absolute Gasteiger partial charge is 0.439 e. The number of hydrogen-bond donors (Lipinski definition) is 0. The van der Waals surface area contributed by atoms with E-state index in [1.165, 1.54) is 0 Å². The van der Waals surface area contributed by atoms with Crippen molar-refractivity contribution in [2.45, 2.75) is 25.0 Å². The molecule has 7 nitrogen and oxygen atoms in total. The van der Waals surface area contributed by atoms with Crippen LogP contribution in [0.5, 0.6) is 0 Å². The molecule has 2 aliphatic heterocycles. The molecule has 2 saturated heterocycles. The van der Waals surface area contributed by atoms with Crippen molar-refractivity contribution in [3.63, 3.8) is 0 Å². The summed E-state index contributed by atoms with van der Waals surface area (Å²) in [5, 5.41) is 4.60. The molecular weight excluding hydrogens is 296 g/mol. The molecule has 0 bridgehead atoms. The smallest absolute Gasteiger partial charge is 0.410 e. The van der Waals surface area contributed by atoms with Crippen molar-refractivity contribution in [3.05, 3.63) is 17.4 Å². The summed E-state index contributed by atoms with van der Waals surface area (Å²) >= 11 is 5.78. The van der Waals surface area contributed by atoms with Crippen LogP contribution in [-0.4, -0.2) is 63.9 Å². The lowest BCUT2D eigenvalue weighted by molar-refractivity contribution is -0.131. The quantitative estimate of drug-likeness (QED) is 0.834. The Bertz CT molecular complexity index is 576. The van der Waals surface area contributed by atoms with Crippen LogP contribution in [0.3, 0.4) is 0 Å². The topological polar surface area (TPSA) is 67.7 Å². The van der Waals surface area contributed by atoms with Gasteiger partial charge < -0.3 is 14.5 Å². The van der Waals surface area contributed by atoms with Crippen LogP contribution in [0.1, 0.15) is 12.8 Å². The minimum absolute atomic E-state index is 0.0455. The van der Waals surface area contributed by atoms with Gasteiger partial charge in [-0.1, -0.05) is 11.6 Å². The second kappa shape index (κ2) is 5.22. The van der Waals surface area contributed by atoms with Crippen LogP contribution >= 0.6 is 11.6 Å². The first-order valence-corrected chi connectivity index (χ1v) is 7.25. The molecule has 0 aliphatic carbocycles. The summed E-state index contributed by atoms with van der Waals surface area (Å²) in [5.74, 6) is 0.0455. The molecule has 3 rings (SSSR count). The molecule has 8 heteroatoms. The molecule has 2 aliphatic rings. The lowest BCUT2D eigenvalue weighted by Gasteiger charge is -2.21. The van der Waals surface area contributed by atoms with Crippen molar-refractivity contribution in [3.8, 4) is 0 Å². The monoisotopic (exact) mass is 312 g/mol. The van der Waals surface area contributed by atoms with Gasteiger partial charge in [0.1, 0.15) is 0 Å². The Morgan fingerprint density at radius 2 is 2.33 bits per heavy atom. The first-order chi connectivity index (χ1) is 9.97. The number of aryl methyl sites for hydroxylation is 1. The Hall–Kier alpha value is -1.76. The molecule has 3 heterocycles. The predicted molar refractivity (Wildman–Crippen MR) is 74.9 cm³/mol. The summed E-state index contributed by atoms with van der Waals surface area (Å²) in [6.07, 6.45) is 3.98. The van der Waals surface area contributed by atoms with Crippen molar-refractivity contribution in [1.82, 2.24) is 19.6 Å². The second-order valence-electron chi connectivity index (χ2n) is 5.64. The van der Waals surface area contributed by atoms with E-state index >= 15 is 0 Å². The maximum atomic E-state index is 12.2. The molecule has 1 aromatic rings. The Morgan fingerprint density at radius 3 is 2.95 bits per heavy atom. The zero-order chi connectivity index (χ0) is 15.0. The number of nitrogens with zero attached hydrogens (tertiary/aromatic N) is 4. The average molecular weight is 313 g/mol. The van der Waals surface area contributed by atoms with Crippen LogP contribution in [0.25, 0.3) is 0 Å². The predicted octanol–water partition coefficient (Wildman–Crippen LogP) is 0.980. The van der Waals surface area contributed by atoms with Crippen LogP contribution in [0.4, 0.5) is 4.79 Å². The fourth-order valence-corrected chi connectivity index (χ4v) is 3.05. The third kappa shape index (κ3) is 2.83. The van der Waals surface area contributed by atoms with Crippen LogP contribution in [0, 0.1) is 0 Å². The molecule has 21 heavy (non-hydrogen) atoms. The maximum Gasteiger partial charge on any atom is 0.410 e. The van der Waals surface area contributed by atoms with Gasteiger partial charge in [0.15, 0.2) is 5.60 Å². The number of amides is 2. The molecule has 1 unspecified atom stereocenters. The van der Waals surface area contributed by atoms with E-state index in [9.17, 15) is 9.59 Å². The van der Waals surface area contributed by atoms with E-state index in [-0.39, 0.29) is 12.0 Å². The lowest BCUT2D eigenvalue weighted by atomic mass is 10.0. The van der Waals surface area contributed by atoms with Gasteiger partial charge in [0.05, 0.1) is 24.3 Å². The molecule has 1 aromatic heterocycles. The third-order valence-electron chi connectivity index (χ3n) is 3.97. The highest BCUT2D eigenvalue weighted by molar-refractivity contribution is 6.30. The van der Waals surface area contributed by atoms with Gasteiger partial charge in [0.25, 0.3) is 0 Å². The number of likely N-dealkylation sites (N-methyl/N-ethyl adjacent to an activating group) is 1. The number of rotatable bonds is 3. The van der Waals surface area contributed by atoms with Gasteiger partial charge >= 0.3 is 6.09 Å². The third-order valence-corrected chi connectivity index (χ3v) is 4.16. The molecule has 0 N–H and O–H groups in total. The molecule has 2 fully saturated rings.